The van der Waals surface area contributed by atoms with Crippen LogP contribution >= 0.6 is 0 Å². The third-order valence-corrected chi connectivity index (χ3v) is 10.3. The lowest BCUT2D eigenvalue weighted by atomic mass is 10.0. The Morgan fingerprint density at radius 1 is 0.320 bits per heavy atom. The summed E-state index contributed by atoms with van der Waals surface area (Å²) in [5.41, 5.74) is 1.32. The summed E-state index contributed by atoms with van der Waals surface area (Å²) in [6, 6.07) is 0. The van der Waals surface area contributed by atoms with E-state index in [9.17, 15) is 19.2 Å². The van der Waals surface area contributed by atoms with Gasteiger partial charge in [0.25, 0.3) is 23.6 Å². The predicted octanol–water partition coefficient (Wildman–Crippen LogP) is 12.4. The minimum absolute atomic E-state index is 0.189. The number of imide groups is 2. The van der Waals surface area contributed by atoms with Crippen molar-refractivity contribution >= 4 is 23.6 Å². The summed E-state index contributed by atoms with van der Waals surface area (Å²) < 4.78 is 0. The lowest BCUT2D eigenvalue weighted by molar-refractivity contribution is -0.125. The van der Waals surface area contributed by atoms with Crippen molar-refractivity contribution in [1.29, 1.82) is 0 Å². The molecule has 6 heteroatoms. The summed E-state index contributed by atoms with van der Waals surface area (Å²) in [7, 11) is 0. The fourth-order valence-electron chi connectivity index (χ4n) is 7.00. The highest BCUT2D eigenvalue weighted by Gasteiger charge is 2.20. The Morgan fingerprint density at radius 3 is 0.700 bits per heavy atom. The molecule has 2 rings (SSSR count). The molecule has 50 heavy (non-hydrogen) atoms. The monoisotopic (exact) mass is 699 g/mol. The normalized spacial score (nSPS) is 14.0. The molecule has 0 fully saturated rings. The van der Waals surface area contributed by atoms with Crippen molar-refractivity contribution in [2.45, 2.75) is 232 Å². The maximum Gasteiger partial charge on any atom is 0.254 e. The molecule has 2 aliphatic heterocycles. The van der Waals surface area contributed by atoms with Crippen LogP contribution in [0.1, 0.15) is 232 Å². The molecule has 0 unspecified atom stereocenters. The minimum atomic E-state index is -0.253. The molecule has 2 aliphatic rings. The van der Waals surface area contributed by atoms with Gasteiger partial charge in [0.05, 0.1) is 0 Å². The molecule has 0 aromatic heterocycles. The molecule has 6 nitrogen and oxygen atoms in total. The molecule has 2 heterocycles. The van der Waals surface area contributed by atoms with Gasteiger partial charge in [-0.05, 0) is 25.7 Å². The molecule has 0 saturated heterocycles. The molecule has 0 aromatic carbocycles. The maximum atomic E-state index is 11.4. The van der Waals surface area contributed by atoms with Crippen LogP contribution in [-0.2, 0) is 19.2 Å². The Balaban J connectivity index is 0.000000500. The van der Waals surface area contributed by atoms with Gasteiger partial charge in [-0.2, -0.15) is 0 Å². The van der Waals surface area contributed by atoms with E-state index in [-0.39, 0.29) is 23.6 Å². The van der Waals surface area contributed by atoms with E-state index in [4.69, 9.17) is 0 Å². The van der Waals surface area contributed by atoms with Gasteiger partial charge in [-0.3, -0.25) is 29.8 Å². The first-order valence-electron chi connectivity index (χ1n) is 21.6. The van der Waals surface area contributed by atoms with Crippen LogP contribution in [0.5, 0.6) is 0 Å². The van der Waals surface area contributed by atoms with Gasteiger partial charge in [0.2, 0.25) is 0 Å². The van der Waals surface area contributed by atoms with Crippen molar-refractivity contribution in [3.05, 3.63) is 23.3 Å². The first-order chi connectivity index (χ1) is 24.5. The van der Waals surface area contributed by atoms with Crippen molar-refractivity contribution < 1.29 is 19.2 Å². The van der Waals surface area contributed by atoms with Crippen molar-refractivity contribution in [2.24, 2.45) is 0 Å². The molecule has 0 aromatic rings. The summed E-state index contributed by atoms with van der Waals surface area (Å²) >= 11 is 0. The van der Waals surface area contributed by atoms with Gasteiger partial charge in [0.1, 0.15) is 0 Å². The number of unbranched alkanes of at least 4 members (excludes halogenated alkanes) is 30. The zero-order valence-electron chi connectivity index (χ0n) is 32.8. The molecule has 0 aliphatic carbocycles. The number of amides is 4. The van der Waals surface area contributed by atoms with E-state index in [2.05, 4.69) is 24.5 Å². The van der Waals surface area contributed by atoms with Crippen molar-refractivity contribution in [3.63, 3.8) is 0 Å². The number of hydrogen-bond donors (Lipinski definition) is 2. The Labute approximate surface area is 308 Å². The summed E-state index contributed by atoms with van der Waals surface area (Å²) in [5.74, 6) is -0.884. The van der Waals surface area contributed by atoms with Gasteiger partial charge in [-0.1, -0.05) is 206 Å². The van der Waals surface area contributed by atoms with Crippen LogP contribution in [0.25, 0.3) is 0 Å². The smallest absolute Gasteiger partial charge is 0.254 e. The molecular weight excluding hydrogens is 620 g/mol. The van der Waals surface area contributed by atoms with E-state index in [1.165, 1.54) is 192 Å². The van der Waals surface area contributed by atoms with E-state index >= 15 is 0 Å². The van der Waals surface area contributed by atoms with Gasteiger partial charge < -0.3 is 0 Å². The fraction of sp³-hybridized carbons (Fsp3) is 0.818. The van der Waals surface area contributed by atoms with Crippen LogP contribution in [0.2, 0.25) is 0 Å². The summed E-state index contributed by atoms with van der Waals surface area (Å²) in [5, 5.41) is 4.60. The zero-order valence-corrected chi connectivity index (χ0v) is 32.8. The maximum absolute atomic E-state index is 11.4. The number of hydrogen-bond acceptors (Lipinski definition) is 4. The third-order valence-electron chi connectivity index (χ3n) is 10.3. The van der Waals surface area contributed by atoms with E-state index in [1.807, 2.05) is 0 Å². The third kappa shape index (κ3) is 27.5. The molecule has 0 bridgehead atoms. The molecule has 0 saturated carbocycles. The number of rotatable bonds is 34. The molecule has 0 atom stereocenters. The minimum Gasteiger partial charge on any atom is -0.289 e. The largest absolute Gasteiger partial charge is 0.289 e. The Bertz CT molecular complexity index is 878. The summed E-state index contributed by atoms with van der Waals surface area (Å²) in [4.78, 5) is 44.8. The standard InChI is InChI=1S/2C22H39NO2/c2*1-2-3-4-5-6-7-8-9-10-11-12-13-14-15-16-17-18-20-19-21(24)23-22(20)25/h2*19H,2-18H2,1H3,(H,23,24,25). The zero-order chi connectivity index (χ0) is 36.3. The molecule has 288 valence electrons. The highest BCUT2D eigenvalue weighted by molar-refractivity contribution is 6.16. The molecule has 4 amide bonds. The van der Waals surface area contributed by atoms with Gasteiger partial charge in [0, 0.05) is 23.3 Å². The van der Waals surface area contributed by atoms with Crippen LogP contribution in [0.4, 0.5) is 0 Å². The second-order valence-electron chi connectivity index (χ2n) is 15.1. The van der Waals surface area contributed by atoms with Crippen LogP contribution in [0.15, 0.2) is 23.3 Å². The first kappa shape index (κ1) is 45.8. The molecular formula is C44H78N2O4. The lowest BCUT2D eigenvalue weighted by Crippen LogP contribution is -2.22. The lowest BCUT2D eigenvalue weighted by Gasteiger charge is -2.04. The highest BCUT2D eigenvalue weighted by Crippen LogP contribution is 2.18. The summed E-state index contributed by atoms with van der Waals surface area (Å²) in [6.07, 6.45) is 47.6. The van der Waals surface area contributed by atoms with Crippen molar-refractivity contribution in [3.8, 4) is 0 Å². The van der Waals surface area contributed by atoms with Gasteiger partial charge in [-0.25, -0.2) is 0 Å². The van der Waals surface area contributed by atoms with Gasteiger partial charge in [0.15, 0.2) is 0 Å². The van der Waals surface area contributed by atoms with Crippen molar-refractivity contribution in [2.75, 3.05) is 0 Å². The van der Waals surface area contributed by atoms with E-state index < -0.39 is 0 Å². The predicted molar refractivity (Wildman–Crippen MR) is 211 cm³/mol. The van der Waals surface area contributed by atoms with Crippen LogP contribution in [0.3, 0.4) is 0 Å². The SMILES string of the molecule is CCCCCCCCCCCCCCCCCCC1=CC(=O)NC1=O.CCCCCCCCCCCCCCCCCCC1=CC(=O)NC1=O. The topological polar surface area (TPSA) is 92.3 Å². The van der Waals surface area contributed by atoms with Gasteiger partial charge >= 0.3 is 0 Å². The van der Waals surface area contributed by atoms with E-state index in [0.717, 1.165) is 38.5 Å². The second kappa shape index (κ2) is 33.9. The average molecular weight is 699 g/mol. The fourth-order valence-corrected chi connectivity index (χ4v) is 7.00. The highest BCUT2D eigenvalue weighted by atomic mass is 16.2. The number of carbonyl (C=O) groups excluding carboxylic acids is 4. The van der Waals surface area contributed by atoms with E-state index in [1.54, 1.807) is 0 Å². The van der Waals surface area contributed by atoms with Crippen molar-refractivity contribution in [1.82, 2.24) is 10.6 Å². The Kier molecular flexibility index (Phi) is 31.0. The number of nitrogens with one attached hydrogen (secondary N) is 2. The van der Waals surface area contributed by atoms with Crippen LogP contribution in [-0.4, -0.2) is 23.6 Å². The molecule has 2 N–H and O–H groups in total. The quantitative estimate of drug-likeness (QED) is 0.0517. The Hall–Kier alpha value is -2.24. The van der Waals surface area contributed by atoms with Crippen LogP contribution in [0, 0.1) is 0 Å². The first-order valence-corrected chi connectivity index (χ1v) is 21.6. The van der Waals surface area contributed by atoms with Crippen LogP contribution < -0.4 is 10.6 Å². The number of carbonyl (C=O) groups is 4. The molecule has 0 radical (unpaired) electrons. The summed E-state index contributed by atoms with van der Waals surface area (Å²) in [6.45, 7) is 4.55. The average Bonchev–Trinajstić information content (AvgIpc) is 3.61. The Morgan fingerprint density at radius 2 is 0.520 bits per heavy atom. The molecule has 0 spiro atoms. The second-order valence-corrected chi connectivity index (χ2v) is 15.1. The van der Waals surface area contributed by atoms with Gasteiger partial charge in [-0.15, -0.1) is 0 Å². The van der Waals surface area contributed by atoms with E-state index in [0.29, 0.717) is 11.1 Å².